The van der Waals surface area contributed by atoms with Crippen LogP contribution in [0.4, 0.5) is 0 Å². The van der Waals surface area contributed by atoms with E-state index in [4.69, 9.17) is 0 Å². The van der Waals surface area contributed by atoms with Gasteiger partial charge in [-0.1, -0.05) is 20.8 Å². The summed E-state index contributed by atoms with van der Waals surface area (Å²) in [4.78, 5) is 11.3. The smallest absolute Gasteiger partial charge is 0.550 e. The van der Waals surface area contributed by atoms with Crippen molar-refractivity contribution < 1.29 is 44.6 Å². The normalized spacial score (nSPS) is 46.3. The maximum Gasteiger partial charge on any atom is 1.00 e. The van der Waals surface area contributed by atoms with E-state index in [-0.39, 0.29) is 40.4 Å². The van der Waals surface area contributed by atoms with E-state index in [1.54, 1.807) is 0 Å². The van der Waals surface area contributed by atoms with Crippen LogP contribution in [0.5, 0.6) is 0 Å². The van der Waals surface area contributed by atoms with E-state index in [1.165, 1.54) is 0 Å². The molecule has 0 spiro atoms. The Kier molecular flexibility index (Phi) is 3.11. The van der Waals surface area contributed by atoms with Crippen molar-refractivity contribution in [3.05, 3.63) is 0 Å². The van der Waals surface area contributed by atoms with Crippen molar-refractivity contribution in [1.29, 1.82) is 0 Å². The molecule has 2 saturated carbocycles. The first-order valence-electron chi connectivity index (χ1n) is 5.17. The molecule has 0 aromatic rings. The summed E-state index contributed by atoms with van der Waals surface area (Å²) >= 11 is 0. The second-order valence-corrected chi connectivity index (χ2v) is 5.63. The minimum Gasteiger partial charge on any atom is -0.550 e. The molecule has 0 amide bonds. The standard InChI is InChI=1S/C11H18O3.Na/c1-9(2)10(3)4-5-11(9,8(13)14)6-7(10)12;/h7,12H,4-6H2,1-3H3,(H,13,14);/q;+1/p-1. The molecule has 2 rings (SSSR count). The fraction of sp³-hybridized carbons (Fsp3) is 0.909. The van der Waals surface area contributed by atoms with Gasteiger partial charge in [-0.3, -0.25) is 0 Å². The first kappa shape index (κ1) is 13.5. The fourth-order valence-electron chi connectivity index (χ4n) is 3.58. The topological polar surface area (TPSA) is 60.4 Å². The summed E-state index contributed by atoms with van der Waals surface area (Å²) in [6, 6.07) is 0. The number of carbonyl (C=O) groups is 1. The molecule has 2 aliphatic rings. The summed E-state index contributed by atoms with van der Waals surface area (Å²) in [7, 11) is 0. The van der Waals surface area contributed by atoms with Gasteiger partial charge in [-0.2, -0.15) is 0 Å². The molecule has 0 aromatic carbocycles. The molecule has 2 fully saturated rings. The predicted molar refractivity (Wildman–Crippen MR) is 49.2 cm³/mol. The molecule has 80 valence electrons. The van der Waals surface area contributed by atoms with Crippen molar-refractivity contribution in [1.82, 2.24) is 0 Å². The van der Waals surface area contributed by atoms with Crippen molar-refractivity contribution in [2.45, 2.75) is 46.1 Å². The molecule has 0 aromatic heterocycles. The van der Waals surface area contributed by atoms with Crippen LogP contribution in [0.2, 0.25) is 0 Å². The fourth-order valence-corrected chi connectivity index (χ4v) is 3.58. The Morgan fingerprint density at radius 2 is 1.87 bits per heavy atom. The number of hydrogen-bond acceptors (Lipinski definition) is 3. The van der Waals surface area contributed by atoms with Crippen molar-refractivity contribution in [3.63, 3.8) is 0 Å². The van der Waals surface area contributed by atoms with Gasteiger partial charge in [0.05, 0.1) is 6.10 Å². The number of hydrogen-bond donors (Lipinski definition) is 1. The summed E-state index contributed by atoms with van der Waals surface area (Å²) in [6.45, 7) is 5.90. The Bertz CT molecular complexity index is 302. The Morgan fingerprint density at radius 3 is 2.07 bits per heavy atom. The van der Waals surface area contributed by atoms with E-state index in [0.717, 1.165) is 6.42 Å². The SMILES string of the molecule is CC12CCC(C(=O)[O-])(CC1O)C2(C)C.[Na+]. The van der Waals surface area contributed by atoms with Crippen LogP contribution in [-0.4, -0.2) is 17.2 Å². The molecule has 2 bridgehead atoms. The molecule has 4 heteroatoms. The number of fused-ring (bicyclic) bond motifs is 2. The quantitative estimate of drug-likeness (QED) is 0.490. The molecule has 3 unspecified atom stereocenters. The molecular formula is C11H17NaO3. The number of carboxylic acid groups (broad SMARTS) is 1. The first-order valence-corrected chi connectivity index (χ1v) is 5.17. The minimum absolute atomic E-state index is 0. The van der Waals surface area contributed by atoms with E-state index < -0.39 is 17.5 Å². The van der Waals surface area contributed by atoms with Crippen LogP contribution in [0, 0.1) is 16.2 Å². The van der Waals surface area contributed by atoms with Crippen LogP contribution >= 0.6 is 0 Å². The third-order valence-electron chi connectivity index (χ3n) is 5.36. The van der Waals surface area contributed by atoms with E-state index in [9.17, 15) is 15.0 Å². The Labute approximate surface area is 113 Å². The van der Waals surface area contributed by atoms with E-state index in [0.29, 0.717) is 12.8 Å². The zero-order valence-electron chi connectivity index (χ0n) is 9.96. The van der Waals surface area contributed by atoms with Crippen molar-refractivity contribution >= 4 is 5.97 Å². The summed E-state index contributed by atoms with van der Waals surface area (Å²) in [5, 5.41) is 21.2. The average Bonchev–Trinajstić information content (AvgIpc) is 2.34. The third-order valence-corrected chi connectivity index (χ3v) is 5.36. The van der Waals surface area contributed by atoms with Gasteiger partial charge in [-0.05, 0) is 30.1 Å². The zero-order valence-corrected chi connectivity index (χ0v) is 12.0. The average molecular weight is 220 g/mol. The number of rotatable bonds is 1. The van der Waals surface area contributed by atoms with Gasteiger partial charge in [-0.25, -0.2) is 0 Å². The van der Waals surface area contributed by atoms with Crippen LogP contribution in [-0.2, 0) is 4.79 Å². The second-order valence-electron chi connectivity index (χ2n) is 5.63. The summed E-state index contributed by atoms with van der Waals surface area (Å²) < 4.78 is 0. The molecule has 1 N–H and O–H groups in total. The van der Waals surface area contributed by atoms with Gasteiger partial charge in [0.15, 0.2) is 0 Å². The van der Waals surface area contributed by atoms with Gasteiger partial charge < -0.3 is 15.0 Å². The van der Waals surface area contributed by atoms with Crippen LogP contribution in [0.1, 0.15) is 40.0 Å². The zero-order chi connectivity index (χ0) is 10.8. The monoisotopic (exact) mass is 220 g/mol. The molecule has 0 saturated heterocycles. The molecule has 0 radical (unpaired) electrons. The van der Waals surface area contributed by atoms with Gasteiger partial charge >= 0.3 is 29.6 Å². The number of carbonyl (C=O) groups excluding carboxylic acids is 1. The molecular weight excluding hydrogens is 203 g/mol. The molecule has 2 aliphatic carbocycles. The first-order chi connectivity index (χ1) is 6.28. The van der Waals surface area contributed by atoms with Crippen molar-refractivity contribution in [2.75, 3.05) is 0 Å². The number of aliphatic hydroxyl groups is 1. The van der Waals surface area contributed by atoms with Crippen molar-refractivity contribution in [3.8, 4) is 0 Å². The van der Waals surface area contributed by atoms with E-state index in [2.05, 4.69) is 0 Å². The summed E-state index contributed by atoms with van der Waals surface area (Å²) in [6.07, 6.45) is 1.30. The van der Waals surface area contributed by atoms with Crippen LogP contribution in [0.15, 0.2) is 0 Å². The molecule has 0 aliphatic heterocycles. The van der Waals surface area contributed by atoms with Crippen LogP contribution in [0.3, 0.4) is 0 Å². The van der Waals surface area contributed by atoms with E-state index in [1.807, 2.05) is 20.8 Å². The maximum atomic E-state index is 11.3. The Hall–Kier alpha value is 0.430. The largest absolute Gasteiger partial charge is 1.00 e. The van der Waals surface area contributed by atoms with Gasteiger partial charge in [0.1, 0.15) is 0 Å². The second kappa shape index (κ2) is 3.46. The molecule has 3 atom stereocenters. The van der Waals surface area contributed by atoms with Crippen LogP contribution in [0.25, 0.3) is 0 Å². The minimum atomic E-state index is -0.984. The predicted octanol–water partition coefficient (Wildman–Crippen LogP) is -2.68. The summed E-state index contributed by atoms with van der Waals surface area (Å²) in [5.74, 6) is -0.984. The third kappa shape index (κ3) is 1.24. The van der Waals surface area contributed by atoms with E-state index >= 15 is 0 Å². The molecule has 15 heavy (non-hydrogen) atoms. The number of aliphatic carboxylic acids is 1. The van der Waals surface area contributed by atoms with Gasteiger partial charge in [0, 0.05) is 11.4 Å². The molecule has 3 nitrogen and oxygen atoms in total. The summed E-state index contributed by atoms with van der Waals surface area (Å²) in [5.41, 5.74) is -1.42. The van der Waals surface area contributed by atoms with Crippen LogP contribution < -0.4 is 34.7 Å². The van der Waals surface area contributed by atoms with Gasteiger partial charge in [-0.15, -0.1) is 0 Å². The Balaban J connectivity index is 0.00000112. The van der Waals surface area contributed by atoms with Crippen molar-refractivity contribution in [2.24, 2.45) is 16.2 Å². The maximum absolute atomic E-state index is 11.3. The van der Waals surface area contributed by atoms with Gasteiger partial charge in [0.2, 0.25) is 0 Å². The Morgan fingerprint density at radius 1 is 1.33 bits per heavy atom. The molecule has 0 heterocycles. The van der Waals surface area contributed by atoms with Gasteiger partial charge in [0.25, 0.3) is 0 Å². The number of aliphatic hydroxyl groups excluding tert-OH is 1. The number of carboxylic acids is 1.